The smallest absolute Gasteiger partial charge is 0.163 e. The minimum atomic E-state index is 0. The van der Waals surface area contributed by atoms with Crippen LogP contribution in [0.3, 0.4) is 0 Å². The number of aryl methyl sites for hydroxylation is 1. The first-order chi connectivity index (χ1) is 9.69. The van der Waals surface area contributed by atoms with Crippen LogP contribution in [0, 0.1) is 0 Å². The number of halogens is 1. The van der Waals surface area contributed by atoms with Crippen LogP contribution in [0.2, 0.25) is 0 Å². The van der Waals surface area contributed by atoms with E-state index in [1.165, 1.54) is 5.56 Å². The fraction of sp³-hybridized carbons (Fsp3) is 0.214. The van der Waals surface area contributed by atoms with Gasteiger partial charge in [-0.15, -0.1) is 12.4 Å². The highest BCUT2D eigenvalue weighted by molar-refractivity contribution is 5.86. The van der Waals surface area contributed by atoms with E-state index < -0.39 is 0 Å². The van der Waals surface area contributed by atoms with E-state index in [0.29, 0.717) is 18.2 Å². The van der Waals surface area contributed by atoms with Gasteiger partial charge in [0.25, 0.3) is 0 Å². The quantitative estimate of drug-likeness (QED) is 0.765. The molecule has 0 aliphatic heterocycles. The molecule has 110 valence electrons. The van der Waals surface area contributed by atoms with Crippen LogP contribution in [0.25, 0.3) is 22.4 Å². The van der Waals surface area contributed by atoms with Crippen LogP contribution in [0.15, 0.2) is 30.5 Å². The fourth-order valence-corrected chi connectivity index (χ4v) is 2.16. The van der Waals surface area contributed by atoms with Gasteiger partial charge in [0.2, 0.25) is 0 Å². The summed E-state index contributed by atoms with van der Waals surface area (Å²) in [7, 11) is 1.84. The summed E-state index contributed by atoms with van der Waals surface area (Å²) in [6.07, 6.45) is 2.54. The zero-order valence-corrected chi connectivity index (χ0v) is 12.5. The van der Waals surface area contributed by atoms with E-state index in [1.807, 2.05) is 31.3 Å². The Kier molecular flexibility index (Phi) is 4.40. The molecule has 2 heterocycles. The molecule has 3 aromatic rings. The molecule has 0 saturated carbocycles. The van der Waals surface area contributed by atoms with E-state index >= 15 is 0 Å². The molecule has 0 saturated heterocycles. The highest BCUT2D eigenvalue weighted by Gasteiger charge is 2.10. The molecule has 0 spiro atoms. The first-order valence-corrected chi connectivity index (χ1v) is 6.43. The molecule has 1 aromatic carbocycles. The maximum absolute atomic E-state index is 5.96. The van der Waals surface area contributed by atoms with Gasteiger partial charge in [-0.05, 0) is 18.5 Å². The SMILES string of the molecule is Cl.Cn1ncc2c(N)nc(-c3ccc(CCN)cc3)nc21. The second-order valence-electron chi connectivity index (χ2n) is 4.67. The Morgan fingerprint density at radius 2 is 1.86 bits per heavy atom. The fourth-order valence-electron chi connectivity index (χ4n) is 2.16. The number of nitrogens with zero attached hydrogens (tertiary/aromatic N) is 4. The molecule has 4 N–H and O–H groups in total. The van der Waals surface area contributed by atoms with Gasteiger partial charge in [-0.25, -0.2) is 9.97 Å². The number of hydrogen-bond donors (Lipinski definition) is 2. The van der Waals surface area contributed by atoms with E-state index in [9.17, 15) is 0 Å². The van der Waals surface area contributed by atoms with Crippen molar-refractivity contribution < 1.29 is 0 Å². The molecule has 0 fully saturated rings. The van der Waals surface area contributed by atoms with E-state index in [4.69, 9.17) is 11.5 Å². The molecule has 0 atom stereocenters. The largest absolute Gasteiger partial charge is 0.383 e. The van der Waals surface area contributed by atoms with Crippen LogP contribution in [-0.2, 0) is 13.5 Å². The van der Waals surface area contributed by atoms with Crippen LogP contribution < -0.4 is 11.5 Å². The van der Waals surface area contributed by atoms with Gasteiger partial charge in [-0.1, -0.05) is 24.3 Å². The lowest BCUT2D eigenvalue weighted by Crippen LogP contribution is -2.02. The van der Waals surface area contributed by atoms with Gasteiger partial charge in [-0.3, -0.25) is 4.68 Å². The zero-order chi connectivity index (χ0) is 14.1. The zero-order valence-electron chi connectivity index (χ0n) is 11.7. The highest BCUT2D eigenvalue weighted by atomic mass is 35.5. The summed E-state index contributed by atoms with van der Waals surface area (Å²) >= 11 is 0. The lowest BCUT2D eigenvalue weighted by atomic mass is 10.1. The van der Waals surface area contributed by atoms with Crippen molar-refractivity contribution >= 4 is 29.3 Å². The second kappa shape index (κ2) is 6.07. The highest BCUT2D eigenvalue weighted by Crippen LogP contribution is 2.22. The number of nitrogen functional groups attached to an aromatic ring is 1. The maximum Gasteiger partial charge on any atom is 0.163 e. The Labute approximate surface area is 128 Å². The van der Waals surface area contributed by atoms with Crippen LogP contribution in [0.5, 0.6) is 0 Å². The molecule has 0 aliphatic carbocycles. The van der Waals surface area contributed by atoms with Crippen molar-refractivity contribution in [3.05, 3.63) is 36.0 Å². The van der Waals surface area contributed by atoms with Crippen molar-refractivity contribution in [1.82, 2.24) is 19.7 Å². The summed E-state index contributed by atoms with van der Waals surface area (Å²) in [5.74, 6) is 1.06. The molecule has 6 nitrogen and oxygen atoms in total. The molecular weight excluding hydrogens is 288 g/mol. The molecule has 7 heteroatoms. The molecule has 0 unspecified atom stereocenters. The van der Waals surface area contributed by atoms with Crippen LogP contribution in [0.1, 0.15) is 5.56 Å². The van der Waals surface area contributed by atoms with Gasteiger partial charge in [0.15, 0.2) is 11.5 Å². The van der Waals surface area contributed by atoms with Crippen molar-refractivity contribution in [1.29, 1.82) is 0 Å². The summed E-state index contributed by atoms with van der Waals surface area (Å²) in [6, 6.07) is 8.05. The number of nitrogens with two attached hydrogens (primary N) is 2. The summed E-state index contributed by atoms with van der Waals surface area (Å²) in [5.41, 5.74) is 14.4. The van der Waals surface area contributed by atoms with E-state index in [-0.39, 0.29) is 12.4 Å². The Balaban J connectivity index is 0.00000161. The Morgan fingerprint density at radius 3 is 2.52 bits per heavy atom. The van der Waals surface area contributed by atoms with Gasteiger partial charge >= 0.3 is 0 Å². The molecule has 0 radical (unpaired) electrons. The van der Waals surface area contributed by atoms with Crippen molar-refractivity contribution in [2.24, 2.45) is 12.8 Å². The summed E-state index contributed by atoms with van der Waals surface area (Å²) in [6.45, 7) is 0.643. The third kappa shape index (κ3) is 2.81. The monoisotopic (exact) mass is 304 g/mol. The topological polar surface area (TPSA) is 95.6 Å². The molecule has 3 rings (SSSR count). The van der Waals surface area contributed by atoms with Crippen LogP contribution in [0.4, 0.5) is 5.82 Å². The third-order valence-corrected chi connectivity index (χ3v) is 3.27. The van der Waals surface area contributed by atoms with E-state index in [0.717, 1.165) is 23.0 Å². The predicted molar refractivity (Wildman–Crippen MR) is 86.2 cm³/mol. The standard InChI is InChI=1S/C14H16N6.ClH/c1-20-14-11(8-17-20)12(16)18-13(19-14)10-4-2-9(3-5-10)6-7-15;/h2-5,8H,6-7,15H2,1H3,(H2,16,18,19);1H. The Morgan fingerprint density at radius 1 is 1.14 bits per heavy atom. The van der Waals surface area contributed by atoms with Crippen molar-refractivity contribution in [3.8, 4) is 11.4 Å². The number of rotatable bonds is 3. The number of aromatic nitrogens is 4. The molecular formula is C14H17ClN6. The number of anilines is 1. The van der Waals surface area contributed by atoms with Crippen molar-refractivity contribution in [2.45, 2.75) is 6.42 Å². The molecule has 2 aromatic heterocycles. The van der Waals surface area contributed by atoms with Crippen LogP contribution in [-0.4, -0.2) is 26.3 Å². The first kappa shape index (κ1) is 15.2. The minimum absolute atomic E-state index is 0. The van der Waals surface area contributed by atoms with Gasteiger partial charge in [0.1, 0.15) is 5.82 Å². The molecule has 0 amide bonds. The lowest BCUT2D eigenvalue weighted by Gasteiger charge is -2.05. The normalized spacial score (nSPS) is 10.6. The van der Waals surface area contributed by atoms with Gasteiger partial charge in [0, 0.05) is 12.6 Å². The van der Waals surface area contributed by atoms with Gasteiger partial charge in [-0.2, -0.15) is 5.10 Å². The van der Waals surface area contributed by atoms with Gasteiger partial charge in [0.05, 0.1) is 11.6 Å². The average Bonchev–Trinajstić information content (AvgIpc) is 2.82. The average molecular weight is 305 g/mol. The first-order valence-electron chi connectivity index (χ1n) is 6.43. The van der Waals surface area contributed by atoms with E-state index in [1.54, 1.807) is 10.9 Å². The van der Waals surface area contributed by atoms with Crippen molar-refractivity contribution in [3.63, 3.8) is 0 Å². The minimum Gasteiger partial charge on any atom is -0.383 e. The maximum atomic E-state index is 5.96. The van der Waals surface area contributed by atoms with E-state index in [2.05, 4.69) is 15.1 Å². The predicted octanol–water partition coefficient (Wildman–Crippen LogP) is 1.54. The van der Waals surface area contributed by atoms with Crippen molar-refractivity contribution in [2.75, 3.05) is 12.3 Å². The van der Waals surface area contributed by atoms with Crippen LogP contribution >= 0.6 is 12.4 Å². The Bertz CT molecular complexity index is 750. The third-order valence-electron chi connectivity index (χ3n) is 3.27. The number of benzene rings is 1. The molecule has 0 aliphatic rings. The molecule has 0 bridgehead atoms. The summed E-state index contributed by atoms with van der Waals surface area (Å²) in [4.78, 5) is 8.88. The number of fused-ring (bicyclic) bond motifs is 1. The number of hydrogen-bond acceptors (Lipinski definition) is 5. The summed E-state index contributed by atoms with van der Waals surface area (Å²) in [5, 5.41) is 4.92. The summed E-state index contributed by atoms with van der Waals surface area (Å²) < 4.78 is 1.69. The van der Waals surface area contributed by atoms with Gasteiger partial charge < -0.3 is 11.5 Å². The lowest BCUT2D eigenvalue weighted by molar-refractivity contribution is 0.786. The molecule has 21 heavy (non-hydrogen) atoms. The Hall–Kier alpha value is -2.18. The second-order valence-corrected chi connectivity index (χ2v) is 4.67.